The molecular weight excluding hydrogens is 455 g/mol. The van der Waals surface area contributed by atoms with E-state index in [-0.39, 0.29) is 47.0 Å². The quantitative estimate of drug-likeness (QED) is 0.159. The molecule has 3 aromatic carbocycles. The van der Waals surface area contributed by atoms with E-state index in [0.29, 0.717) is 0 Å². The van der Waals surface area contributed by atoms with Crippen molar-refractivity contribution in [1.29, 1.82) is 0 Å². The molecule has 2 heterocycles. The molecule has 0 aliphatic heterocycles. The predicted octanol–water partition coefficient (Wildman–Crippen LogP) is 2.35. The van der Waals surface area contributed by atoms with E-state index < -0.39 is 0 Å². The van der Waals surface area contributed by atoms with Crippen LogP contribution in [0, 0.1) is 19.9 Å². The van der Waals surface area contributed by atoms with E-state index in [9.17, 15) is 0 Å². The second kappa shape index (κ2) is 7.77. The Morgan fingerprint density at radius 2 is 1.56 bits per heavy atom. The minimum absolute atomic E-state index is 0. The summed E-state index contributed by atoms with van der Waals surface area (Å²) in [5.41, 5.74) is 7.08. The van der Waals surface area contributed by atoms with Gasteiger partial charge in [0.15, 0.2) is 0 Å². The van der Waals surface area contributed by atoms with E-state index in [1.165, 1.54) is 33.0 Å². The first-order valence-electron chi connectivity index (χ1n) is 8.51. The Balaban J connectivity index is 0.00000105. The molecule has 0 atom stereocenters. The first-order valence-corrected chi connectivity index (χ1v) is 8.51. The Bertz CT molecular complexity index is 1250. The molecule has 0 aliphatic carbocycles. The molecule has 0 radical (unpaired) electrons. The van der Waals surface area contributed by atoms with Gasteiger partial charge in [0, 0.05) is 17.3 Å². The van der Waals surface area contributed by atoms with Crippen LogP contribution >= 0.6 is 0 Å². The summed E-state index contributed by atoms with van der Waals surface area (Å²) < 4.78 is 2.28. The van der Waals surface area contributed by atoms with Gasteiger partial charge in [0.25, 0.3) is 0 Å². The maximum absolute atomic E-state index is 4.79. The molecule has 5 aromatic rings. The van der Waals surface area contributed by atoms with E-state index in [2.05, 4.69) is 72.8 Å². The van der Waals surface area contributed by atoms with Crippen molar-refractivity contribution in [2.45, 2.75) is 13.8 Å². The van der Waals surface area contributed by atoms with Crippen molar-refractivity contribution >= 4 is 50.4 Å². The predicted molar refractivity (Wildman–Crippen MR) is 110 cm³/mol. The topological polar surface area (TPSA) is 17.3 Å². The van der Waals surface area contributed by atoms with Crippen molar-refractivity contribution < 1.29 is 24.0 Å². The van der Waals surface area contributed by atoms with Crippen LogP contribution in [0.2, 0.25) is 0 Å². The third kappa shape index (κ3) is 3.04. The molecule has 0 N–H and O–H groups in total. The fourth-order valence-corrected chi connectivity index (χ4v) is 3.91. The molecule has 4 heteroatoms. The maximum atomic E-state index is 4.79. The summed E-state index contributed by atoms with van der Waals surface area (Å²) in [6, 6.07) is 24.5. The molecular formula is C23H17IMgN2. The molecule has 0 saturated heterocycles. The molecule has 0 spiro atoms. The zero-order chi connectivity index (χ0) is 17.0. The summed E-state index contributed by atoms with van der Waals surface area (Å²) in [4.78, 5) is 4.79. The van der Waals surface area contributed by atoms with Gasteiger partial charge in [0.2, 0.25) is 0 Å². The van der Waals surface area contributed by atoms with Crippen molar-refractivity contribution in [3.8, 4) is 11.3 Å². The normalized spacial score (nSPS) is 10.7. The standard InChI is InChI=1S/C23H17N2.HI.Mg/c1-15-8-7-9-16(2)22(15)21-14-24-23-19-12-4-3-10-17(19)18-11-5-6-13-20(18)25(21)23;;/h3-11,13-14H,1-2H3;1H;/q-1;;+2/p-1. The molecule has 2 nitrogen and oxygen atoms in total. The average Bonchev–Trinajstić information content (AvgIpc) is 3.07. The van der Waals surface area contributed by atoms with Gasteiger partial charge in [0.1, 0.15) is 0 Å². The Hall–Kier alpha value is -1.63. The SMILES string of the molecule is Cc1cccc(C)c1-c1cnc2c3[c-]cccc3c3ccccc3n12.[I-].[Mg+2]. The number of aryl methyl sites for hydroxylation is 2. The summed E-state index contributed by atoms with van der Waals surface area (Å²) in [5.74, 6) is 0. The molecule has 0 aliphatic rings. The van der Waals surface area contributed by atoms with Crippen LogP contribution < -0.4 is 24.0 Å². The maximum Gasteiger partial charge on any atom is 2.00 e. The summed E-state index contributed by atoms with van der Waals surface area (Å²) in [6.45, 7) is 4.33. The number of para-hydroxylation sites is 1. The van der Waals surface area contributed by atoms with Crippen LogP contribution in [0.5, 0.6) is 0 Å². The van der Waals surface area contributed by atoms with Gasteiger partial charge in [-0.15, -0.1) is 29.7 Å². The van der Waals surface area contributed by atoms with Crippen LogP contribution in [0.3, 0.4) is 0 Å². The first kappa shape index (κ1) is 20.1. The van der Waals surface area contributed by atoms with E-state index in [4.69, 9.17) is 4.98 Å². The molecule has 5 rings (SSSR count). The van der Waals surface area contributed by atoms with Gasteiger partial charge in [-0.1, -0.05) is 41.8 Å². The fourth-order valence-electron chi connectivity index (χ4n) is 3.91. The van der Waals surface area contributed by atoms with Crippen molar-refractivity contribution in [2.24, 2.45) is 0 Å². The van der Waals surface area contributed by atoms with E-state index in [1.54, 1.807) is 0 Å². The summed E-state index contributed by atoms with van der Waals surface area (Å²) >= 11 is 0. The smallest absolute Gasteiger partial charge is 1.00 e. The molecule has 128 valence electrons. The van der Waals surface area contributed by atoms with Gasteiger partial charge < -0.3 is 28.4 Å². The Morgan fingerprint density at radius 3 is 2.33 bits per heavy atom. The van der Waals surface area contributed by atoms with Crippen LogP contribution in [0.4, 0.5) is 0 Å². The number of pyridine rings is 1. The largest absolute Gasteiger partial charge is 2.00 e. The minimum atomic E-state index is 0. The molecule has 0 fully saturated rings. The number of nitrogens with zero attached hydrogens (tertiary/aromatic N) is 2. The zero-order valence-corrected chi connectivity index (χ0v) is 18.9. The van der Waals surface area contributed by atoms with Crippen LogP contribution in [0.1, 0.15) is 11.1 Å². The zero-order valence-electron chi connectivity index (χ0n) is 15.3. The molecule has 2 aromatic heterocycles. The van der Waals surface area contributed by atoms with Crippen LogP contribution in [-0.2, 0) is 0 Å². The minimum Gasteiger partial charge on any atom is -1.00 e. The fraction of sp³-hybridized carbons (Fsp3) is 0.0870. The van der Waals surface area contributed by atoms with E-state index in [1.807, 2.05) is 18.3 Å². The Labute approximate surface area is 191 Å². The van der Waals surface area contributed by atoms with Gasteiger partial charge in [-0.25, -0.2) is 0 Å². The molecule has 0 unspecified atom stereocenters. The van der Waals surface area contributed by atoms with E-state index >= 15 is 0 Å². The number of fused-ring (bicyclic) bond motifs is 6. The Kier molecular flexibility index (Phi) is 5.79. The number of rotatable bonds is 1. The van der Waals surface area contributed by atoms with E-state index in [0.717, 1.165) is 16.7 Å². The van der Waals surface area contributed by atoms with Crippen molar-refractivity contribution in [2.75, 3.05) is 0 Å². The van der Waals surface area contributed by atoms with Crippen LogP contribution in [-0.4, -0.2) is 32.4 Å². The average molecular weight is 473 g/mol. The molecule has 27 heavy (non-hydrogen) atoms. The van der Waals surface area contributed by atoms with Gasteiger partial charge in [-0.05, 0) is 36.4 Å². The number of hydrogen-bond acceptors (Lipinski definition) is 1. The monoisotopic (exact) mass is 472 g/mol. The Morgan fingerprint density at radius 1 is 0.852 bits per heavy atom. The number of imidazole rings is 1. The van der Waals surface area contributed by atoms with Crippen molar-refractivity contribution in [3.05, 3.63) is 84.1 Å². The first-order chi connectivity index (χ1) is 12.3. The van der Waals surface area contributed by atoms with Crippen LogP contribution in [0.15, 0.2) is 66.9 Å². The second-order valence-electron chi connectivity index (χ2n) is 6.55. The number of benzene rings is 3. The van der Waals surface area contributed by atoms with Gasteiger partial charge >= 0.3 is 23.1 Å². The second-order valence-corrected chi connectivity index (χ2v) is 6.55. The molecule has 0 saturated carbocycles. The van der Waals surface area contributed by atoms with Gasteiger partial charge in [-0.2, -0.15) is 0 Å². The summed E-state index contributed by atoms with van der Waals surface area (Å²) in [6.07, 6.45) is 2.00. The van der Waals surface area contributed by atoms with Crippen LogP contribution in [0.25, 0.3) is 38.6 Å². The summed E-state index contributed by atoms with van der Waals surface area (Å²) in [5, 5.41) is 3.50. The van der Waals surface area contributed by atoms with Gasteiger partial charge in [-0.3, -0.25) is 4.98 Å². The number of halogens is 1. The third-order valence-corrected chi connectivity index (χ3v) is 5.01. The number of aromatic nitrogens is 2. The molecule has 0 bridgehead atoms. The number of hydrogen-bond donors (Lipinski definition) is 0. The third-order valence-electron chi connectivity index (χ3n) is 5.01. The van der Waals surface area contributed by atoms with Crippen molar-refractivity contribution in [1.82, 2.24) is 9.38 Å². The van der Waals surface area contributed by atoms with Crippen molar-refractivity contribution in [3.63, 3.8) is 0 Å². The summed E-state index contributed by atoms with van der Waals surface area (Å²) in [7, 11) is 0. The molecule has 0 amide bonds. The van der Waals surface area contributed by atoms with Gasteiger partial charge in [0.05, 0.1) is 11.3 Å².